The zero-order chi connectivity index (χ0) is 16.3. The van der Waals surface area contributed by atoms with Crippen LogP contribution in [0, 0.1) is 16.0 Å². The maximum absolute atomic E-state index is 12.1. The third kappa shape index (κ3) is 3.33. The lowest BCUT2D eigenvalue weighted by atomic mass is 9.90. The molecule has 7 nitrogen and oxygen atoms in total. The third-order valence-corrected chi connectivity index (χ3v) is 4.81. The second-order valence-corrected chi connectivity index (χ2v) is 6.48. The maximum atomic E-state index is 12.1. The molecular formula is C14H16NO6S-. The average Bonchev–Trinajstić information content (AvgIpc) is 2.78. The molecule has 0 heterocycles. The topological polar surface area (TPSA) is 110 Å². The van der Waals surface area contributed by atoms with Gasteiger partial charge in [-0.3, -0.25) is 14.3 Å². The van der Waals surface area contributed by atoms with Crippen LogP contribution in [-0.4, -0.2) is 37.1 Å². The number of esters is 1. The molecule has 4 atom stereocenters. The molecule has 120 valence electrons. The Bertz CT molecular complexity index is 592. The van der Waals surface area contributed by atoms with Crippen molar-refractivity contribution in [2.45, 2.75) is 31.4 Å². The van der Waals surface area contributed by atoms with Gasteiger partial charge in [0.25, 0.3) is 0 Å². The Morgan fingerprint density at radius 2 is 2.09 bits per heavy atom. The smallest absolute Gasteiger partial charge is 0.338 e. The van der Waals surface area contributed by atoms with Gasteiger partial charge in [0.1, 0.15) is 6.10 Å². The number of nitro groups is 1. The Balaban J connectivity index is 2.17. The van der Waals surface area contributed by atoms with Crippen LogP contribution in [0.5, 0.6) is 0 Å². The molecule has 0 radical (unpaired) electrons. The summed E-state index contributed by atoms with van der Waals surface area (Å²) < 4.78 is 27.3. The molecular weight excluding hydrogens is 310 g/mol. The normalized spacial score (nSPS) is 29.0. The van der Waals surface area contributed by atoms with Gasteiger partial charge >= 0.3 is 5.97 Å². The van der Waals surface area contributed by atoms with Gasteiger partial charge in [0.15, 0.2) is 0 Å². The summed E-state index contributed by atoms with van der Waals surface area (Å²) in [7, 11) is 0. The molecule has 1 aromatic rings. The Labute approximate surface area is 130 Å². The molecule has 0 bridgehead atoms. The molecule has 1 aliphatic carbocycles. The number of nitrogens with zero attached hydrogens (tertiary/aromatic N) is 1. The van der Waals surface area contributed by atoms with E-state index >= 15 is 0 Å². The van der Waals surface area contributed by atoms with Crippen LogP contribution < -0.4 is 0 Å². The largest absolute Gasteiger partial charge is 0.772 e. The first-order valence-corrected chi connectivity index (χ1v) is 8.05. The average molecular weight is 326 g/mol. The van der Waals surface area contributed by atoms with E-state index in [0.717, 1.165) is 0 Å². The number of carbonyl (C=O) groups is 1. The van der Waals surface area contributed by atoms with E-state index in [4.69, 9.17) is 4.74 Å². The van der Waals surface area contributed by atoms with E-state index in [0.29, 0.717) is 5.56 Å². The summed E-state index contributed by atoms with van der Waals surface area (Å²) in [5.74, 6) is -1.85. The van der Waals surface area contributed by atoms with Crippen LogP contribution in [0.3, 0.4) is 0 Å². The van der Waals surface area contributed by atoms with Crippen molar-refractivity contribution in [2.24, 2.45) is 5.92 Å². The molecule has 22 heavy (non-hydrogen) atoms. The van der Waals surface area contributed by atoms with Crippen molar-refractivity contribution in [3.8, 4) is 0 Å². The van der Waals surface area contributed by atoms with E-state index < -0.39 is 45.3 Å². The lowest BCUT2D eigenvalue weighted by Gasteiger charge is -2.27. The molecule has 0 aromatic heterocycles. The Hall–Kier alpha value is -1.80. The Morgan fingerprint density at radius 3 is 2.64 bits per heavy atom. The Morgan fingerprint density at radius 1 is 1.45 bits per heavy atom. The summed E-state index contributed by atoms with van der Waals surface area (Å²) in [6.45, 7) is 1.40. The highest BCUT2D eigenvalue weighted by molar-refractivity contribution is 7.79. The molecule has 1 aromatic carbocycles. The zero-order valence-electron chi connectivity index (χ0n) is 12.0. The number of carbonyl (C=O) groups excluding carboxylic acids is 1. The summed E-state index contributed by atoms with van der Waals surface area (Å²) in [5, 5.41) is 11.3. The van der Waals surface area contributed by atoms with Gasteiger partial charge in [-0.1, -0.05) is 29.3 Å². The monoisotopic (exact) mass is 326 g/mol. The molecule has 1 saturated carbocycles. The lowest BCUT2D eigenvalue weighted by Crippen LogP contribution is -2.45. The van der Waals surface area contributed by atoms with Crippen LogP contribution >= 0.6 is 0 Å². The van der Waals surface area contributed by atoms with Crippen molar-refractivity contribution >= 4 is 17.0 Å². The minimum Gasteiger partial charge on any atom is -0.772 e. The number of rotatable bonds is 5. The highest BCUT2D eigenvalue weighted by Gasteiger charge is 2.56. The van der Waals surface area contributed by atoms with E-state index in [1.54, 1.807) is 30.3 Å². The minimum atomic E-state index is -2.44. The van der Waals surface area contributed by atoms with Crippen molar-refractivity contribution in [3.63, 3.8) is 0 Å². The second-order valence-electron chi connectivity index (χ2n) is 5.54. The quantitative estimate of drug-likeness (QED) is 0.351. The minimum absolute atomic E-state index is 0.175. The van der Waals surface area contributed by atoms with E-state index in [1.165, 1.54) is 6.92 Å². The van der Waals surface area contributed by atoms with Gasteiger partial charge in [-0.2, -0.15) is 0 Å². The first kappa shape index (κ1) is 16.6. The first-order chi connectivity index (χ1) is 10.3. The van der Waals surface area contributed by atoms with E-state index in [9.17, 15) is 23.7 Å². The van der Waals surface area contributed by atoms with Crippen molar-refractivity contribution < 1.29 is 23.2 Å². The molecule has 2 rings (SSSR count). The highest BCUT2D eigenvalue weighted by Crippen LogP contribution is 2.40. The first-order valence-electron chi connectivity index (χ1n) is 6.81. The number of ether oxygens (including phenoxy) is 1. The van der Waals surface area contributed by atoms with Gasteiger partial charge in [-0.05, 0) is 18.6 Å². The van der Waals surface area contributed by atoms with Crippen LogP contribution in [0.25, 0.3) is 0 Å². The number of hydrogen-bond acceptors (Lipinski definition) is 6. The molecule has 0 spiro atoms. The summed E-state index contributed by atoms with van der Waals surface area (Å²) in [6.07, 6.45) is -0.326. The van der Waals surface area contributed by atoms with Crippen LogP contribution in [0.15, 0.2) is 30.3 Å². The van der Waals surface area contributed by atoms with Crippen LogP contribution in [0.4, 0.5) is 0 Å². The summed E-state index contributed by atoms with van der Waals surface area (Å²) in [5.41, 5.74) is -1.07. The van der Waals surface area contributed by atoms with E-state index in [2.05, 4.69) is 0 Å². The summed E-state index contributed by atoms with van der Waals surface area (Å²) in [4.78, 5) is 22.9. The SMILES string of the molecule is CC1([N+](=O)[O-])CCC(OC(=O)c2ccccc2)C1CS(=O)[O-]. The molecule has 0 aliphatic heterocycles. The van der Waals surface area contributed by atoms with Gasteiger partial charge in [-0.15, -0.1) is 0 Å². The zero-order valence-corrected chi connectivity index (χ0v) is 12.8. The fourth-order valence-electron chi connectivity index (χ4n) is 2.80. The van der Waals surface area contributed by atoms with Gasteiger partial charge in [0.2, 0.25) is 5.54 Å². The molecule has 0 saturated heterocycles. The van der Waals surface area contributed by atoms with Crippen LogP contribution in [-0.2, 0) is 15.8 Å². The van der Waals surface area contributed by atoms with E-state index in [-0.39, 0.29) is 12.8 Å². The molecule has 1 fully saturated rings. The van der Waals surface area contributed by atoms with Gasteiger partial charge in [0.05, 0.1) is 11.5 Å². The molecule has 0 N–H and O–H groups in total. The van der Waals surface area contributed by atoms with Crippen LogP contribution in [0.2, 0.25) is 0 Å². The molecule has 8 heteroatoms. The predicted octanol–water partition coefficient (Wildman–Crippen LogP) is 1.54. The van der Waals surface area contributed by atoms with Crippen molar-refractivity contribution in [3.05, 3.63) is 46.0 Å². The number of benzene rings is 1. The Kier molecular flexibility index (Phi) is 4.92. The fraction of sp³-hybridized carbons (Fsp3) is 0.500. The highest BCUT2D eigenvalue weighted by atomic mass is 32.2. The van der Waals surface area contributed by atoms with Crippen molar-refractivity contribution in [2.75, 3.05) is 5.75 Å². The lowest BCUT2D eigenvalue weighted by molar-refractivity contribution is -0.572. The fourth-order valence-corrected chi connectivity index (χ4v) is 3.67. The standard InChI is InChI=1S/C14H17NO6S/c1-14(15(17)18)8-7-12(11(14)9-22(19)20)21-13(16)10-5-3-2-4-6-10/h2-6,11-12H,7-9H2,1H3,(H,19,20)/p-1. The van der Waals surface area contributed by atoms with Crippen molar-refractivity contribution in [1.29, 1.82) is 0 Å². The van der Waals surface area contributed by atoms with Gasteiger partial charge < -0.3 is 9.29 Å². The number of hydrogen-bond donors (Lipinski definition) is 0. The summed E-state index contributed by atoms with van der Waals surface area (Å²) in [6, 6.07) is 8.25. The van der Waals surface area contributed by atoms with Crippen molar-refractivity contribution in [1.82, 2.24) is 0 Å². The molecule has 4 unspecified atom stereocenters. The second kappa shape index (κ2) is 6.53. The predicted molar refractivity (Wildman–Crippen MR) is 77.6 cm³/mol. The van der Waals surface area contributed by atoms with Gasteiger partial charge in [-0.25, -0.2) is 4.79 Å². The van der Waals surface area contributed by atoms with Crippen LogP contribution in [0.1, 0.15) is 30.1 Å². The maximum Gasteiger partial charge on any atom is 0.338 e. The molecule has 0 amide bonds. The van der Waals surface area contributed by atoms with Gasteiger partial charge in [0, 0.05) is 24.0 Å². The molecule has 1 aliphatic rings. The summed E-state index contributed by atoms with van der Waals surface area (Å²) >= 11 is -2.44. The van der Waals surface area contributed by atoms with E-state index in [1.807, 2.05) is 0 Å². The third-order valence-electron chi connectivity index (χ3n) is 4.18.